The van der Waals surface area contributed by atoms with Crippen LogP contribution in [0.4, 0.5) is 6.01 Å². The smallest absolute Gasteiger partial charge is 0.322 e. The highest BCUT2D eigenvalue weighted by Crippen LogP contribution is 2.22. The summed E-state index contributed by atoms with van der Waals surface area (Å²) in [7, 11) is 0. The molecule has 1 aromatic heterocycles. The van der Waals surface area contributed by atoms with Crippen molar-refractivity contribution in [3.05, 3.63) is 54.1 Å². The largest absolute Gasteiger partial charge is 0.494 e. The van der Waals surface area contributed by atoms with Crippen LogP contribution in [0.3, 0.4) is 0 Å². The molecule has 0 bridgehead atoms. The number of aromatic nitrogens is 2. The first-order valence-electron chi connectivity index (χ1n) is 8.20. The highest BCUT2D eigenvalue weighted by Gasteiger charge is 2.12. The molecular weight excluding hydrogens is 334 g/mol. The minimum atomic E-state index is -0.382. The third kappa shape index (κ3) is 4.60. The Morgan fingerprint density at radius 3 is 2.35 bits per heavy atom. The molecule has 0 radical (unpaired) electrons. The highest BCUT2D eigenvalue weighted by molar-refractivity contribution is 5.89. The number of aryl methyl sites for hydroxylation is 1. The summed E-state index contributed by atoms with van der Waals surface area (Å²) >= 11 is 0. The van der Waals surface area contributed by atoms with Gasteiger partial charge in [-0.3, -0.25) is 10.1 Å². The van der Waals surface area contributed by atoms with E-state index < -0.39 is 0 Å². The number of hydrogen-bond acceptors (Lipinski definition) is 6. The van der Waals surface area contributed by atoms with E-state index in [1.807, 2.05) is 50.2 Å². The number of hydrogen-bond donors (Lipinski definition) is 1. The summed E-state index contributed by atoms with van der Waals surface area (Å²) < 4.78 is 16.3. The van der Waals surface area contributed by atoms with Crippen molar-refractivity contribution in [1.29, 1.82) is 0 Å². The molecule has 0 unspecified atom stereocenters. The molecule has 1 heterocycles. The van der Waals surface area contributed by atoms with E-state index in [-0.39, 0.29) is 18.5 Å². The molecule has 0 saturated carbocycles. The standard InChI is InChI=1S/C19H19N3O4/c1-3-24-15-10-6-14(7-11-15)18-21-22-19(26-18)20-17(23)12-25-16-8-4-13(2)5-9-16/h4-11H,3,12H2,1-2H3,(H,20,22,23). The molecule has 0 saturated heterocycles. The SMILES string of the molecule is CCOc1ccc(-c2nnc(NC(=O)COc3ccc(C)cc3)o2)cc1. The van der Waals surface area contributed by atoms with Crippen LogP contribution in [0.5, 0.6) is 11.5 Å². The zero-order valence-corrected chi connectivity index (χ0v) is 14.6. The van der Waals surface area contributed by atoms with E-state index in [4.69, 9.17) is 13.9 Å². The number of rotatable bonds is 7. The van der Waals surface area contributed by atoms with E-state index in [2.05, 4.69) is 15.5 Å². The van der Waals surface area contributed by atoms with Crippen LogP contribution in [0.2, 0.25) is 0 Å². The van der Waals surface area contributed by atoms with Gasteiger partial charge in [0, 0.05) is 5.56 Å². The van der Waals surface area contributed by atoms with Gasteiger partial charge in [-0.1, -0.05) is 22.8 Å². The summed E-state index contributed by atoms with van der Waals surface area (Å²) in [6.07, 6.45) is 0. The Hall–Kier alpha value is -3.35. The number of nitrogens with zero attached hydrogens (tertiary/aromatic N) is 2. The predicted octanol–water partition coefficient (Wildman–Crippen LogP) is 3.46. The lowest BCUT2D eigenvalue weighted by atomic mass is 10.2. The molecule has 0 fully saturated rings. The fourth-order valence-electron chi connectivity index (χ4n) is 2.19. The molecular formula is C19H19N3O4. The molecule has 1 amide bonds. The number of anilines is 1. The second-order valence-corrected chi connectivity index (χ2v) is 5.52. The minimum absolute atomic E-state index is 0.0198. The van der Waals surface area contributed by atoms with Crippen LogP contribution in [0, 0.1) is 6.92 Å². The first kappa shape index (κ1) is 17.5. The maximum absolute atomic E-state index is 11.9. The van der Waals surface area contributed by atoms with Crippen molar-refractivity contribution in [2.75, 3.05) is 18.5 Å². The van der Waals surface area contributed by atoms with Crippen LogP contribution in [-0.4, -0.2) is 29.3 Å². The summed E-state index contributed by atoms with van der Waals surface area (Å²) in [5.74, 6) is 1.30. The Morgan fingerprint density at radius 2 is 1.65 bits per heavy atom. The summed E-state index contributed by atoms with van der Waals surface area (Å²) in [6, 6.07) is 14.7. The van der Waals surface area contributed by atoms with Gasteiger partial charge in [-0.2, -0.15) is 0 Å². The molecule has 3 rings (SSSR count). The first-order chi connectivity index (χ1) is 12.6. The normalized spacial score (nSPS) is 10.4. The number of carbonyl (C=O) groups excluding carboxylic acids is 1. The number of amides is 1. The maximum Gasteiger partial charge on any atom is 0.322 e. The molecule has 0 spiro atoms. The second-order valence-electron chi connectivity index (χ2n) is 5.52. The van der Waals surface area contributed by atoms with Crippen molar-refractivity contribution < 1.29 is 18.7 Å². The Labute approximate surface area is 151 Å². The summed E-state index contributed by atoms with van der Waals surface area (Å²) in [4.78, 5) is 11.9. The van der Waals surface area contributed by atoms with E-state index in [1.54, 1.807) is 12.1 Å². The molecule has 0 aliphatic carbocycles. The lowest BCUT2D eigenvalue weighted by molar-refractivity contribution is -0.118. The van der Waals surface area contributed by atoms with Crippen LogP contribution in [-0.2, 0) is 4.79 Å². The van der Waals surface area contributed by atoms with Gasteiger partial charge in [-0.05, 0) is 50.2 Å². The van der Waals surface area contributed by atoms with E-state index in [9.17, 15) is 4.79 Å². The molecule has 3 aromatic rings. The van der Waals surface area contributed by atoms with Crippen LogP contribution in [0.1, 0.15) is 12.5 Å². The Kier molecular flexibility index (Phi) is 5.48. The Bertz CT molecular complexity index is 857. The van der Waals surface area contributed by atoms with Gasteiger partial charge in [0.15, 0.2) is 6.61 Å². The van der Waals surface area contributed by atoms with E-state index in [1.165, 1.54) is 0 Å². The molecule has 1 N–H and O–H groups in total. The zero-order chi connectivity index (χ0) is 18.4. The Morgan fingerprint density at radius 1 is 1.00 bits per heavy atom. The van der Waals surface area contributed by atoms with Crippen LogP contribution in [0.15, 0.2) is 52.9 Å². The van der Waals surface area contributed by atoms with Crippen molar-refractivity contribution >= 4 is 11.9 Å². The van der Waals surface area contributed by atoms with E-state index >= 15 is 0 Å². The van der Waals surface area contributed by atoms with Gasteiger partial charge in [0.2, 0.25) is 5.89 Å². The third-order valence-corrected chi connectivity index (χ3v) is 3.47. The summed E-state index contributed by atoms with van der Waals surface area (Å²) in [6.45, 7) is 4.35. The summed E-state index contributed by atoms with van der Waals surface area (Å²) in [5, 5.41) is 10.3. The van der Waals surface area contributed by atoms with Gasteiger partial charge < -0.3 is 13.9 Å². The van der Waals surface area contributed by atoms with Crippen LogP contribution >= 0.6 is 0 Å². The van der Waals surface area contributed by atoms with Crippen molar-refractivity contribution in [3.8, 4) is 23.0 Å². The maximum atomic E-state index is 11.9. The second kappa shape index (κ2) is 8.15. The molecule has 0 aliphatic heterocycles. The zero-order valence-electron chi connectivity index (χ0n) is 14.6. The quantitative estimate of drug-likeness (QED) is 0.700. The van der Waals surface area contributed by atoms with Gasteiger partial charge in [0.25, 0.3) is 5.91 Å². The van der Waals surface area contributed by atoms with Crippen molar-refractivity contribution in [3.63, 3.8) is 0 Å². The monoisotopic (exact) mass is 353 g/mol. The van der Waals surface area contributed by atoms with Gasteiger partial charge >= 0.3 is 6.01 Å². The van der Waals surface area contributed by atoms with Crippen molar-refractivity contribution in [2.24, 2.45) is 0 Å². The van der Waals surface area contributed by atoms with Gasteiger partial charge in [-0.25, -0.2) is 0 Å². The lowest BCUT2D eigenvalue weighted by Gasteiger charge is -2.05. The molecule has 2 aromatic carbocycles. The Balaban J connectivity index is 1.55. The minimum Gasteiger partial charge on any atom is -0.494 e. The predicted molar refractivity (Wildman–Crippen MR) is 96.2 cm³/mol. The number of benzene rings is 2. The highest BCUT2D eigenvalue weighted by atomic mass is 16.5. The molecule has 0 aliphatic rings. The first-order valence-corrected chi connectivity index (χ1v) is 8.20. The van der Waals surface area contributed by atoms with Crippen molar-refractivity contribution in [1.82, 2.24) is 10.2 Å². The topological polar surface area (TPSA) is 86.5 Å². The molecule has 7 heteroatoms. The van der Waals surface area contributed by atoms with Gasteiger partial charge in [0.05, 0.1) is 6.61 Å². The average molecular weight is 353 g/mol. The van der Waals surface area contributed by atoms with Gasteiger partial charge in [0.1, 0.15) is 11.5 Å². The van der Waals surface area contributed by atoms with Crippen molar-refractivity contribution in [2.45, 2.75) is 13.8 Å². The van der Waals surface area contributed by atoms with Crippen LogP contribution in [0.25, 0.3) is 11.5 Å². The fourth-order valence-corrected chi connectivity index (χ4v) is 2.19. The number of nitrogens with one attached hydrogen (secondary N) is 1. The molecule has 0 atom stereocenters. The van der Waals surface area contributed by atoms with E-state index in [0.717, 1.165) is 16.9 Å². The fraction of sp³-hybridized carbons (Fsp3) is 0.211. The molecule has 7 nitrogen and oxygen atoms in total. The molecule has 26 heavy (non-hydrogen) atoms. The van der Waals surface area contributed by atoms with E-state index in [0.29, 0.717) is 18.2 Å². The number of carbonyl (C=O) groups is 1. The van der Waals surface area contributed by atoms with Gasteiger partial charge in [-0.15, -0.1) is 5.10 Å². The molecule has 134 valence electrons. The van der Waals surface area contributed by atoms with Crippen LogP contribution < -0.4 is 14.8 Å². The third-order valence-electron chi connectivity index (χ3n) is 3.47. The average Bonchev–Trinajstić information content (AvgIpc) is 3.10. The number of ether oxygens (including phenoxy) is 2. The lowest BCUT2D eigenvalue weighted by Crippen LogP contribution is -2.20. The summed E-state index contributed by atoms with van der Waals surface area (Å²) in [5.41, 5.74) is 1.85.